The van der Waals surface area contributed by atoms with Gasteiger partial charge in [-0.25, -0.2) is 26.7 Å². The minimum absolute atomic E-state index is 0.145. The lowest BCUT2D eigenvalue weighted by Gasteiger charge is -2.13. The van der Waals surface area contributed by atoms with Gasteiger partial charge in [0.25, 0.3) is 0 Å². The lowest BCUT2D eigenvalue weighted by molar-refractivity contribution is 0.596. The van der Waals surface area contributed by atoms with Crippen LogP contribution >= 0.6 is 23.2 Å². The Morgan fingerprint density at radius 1 is 0.824 bits per heavy atom. The molecule has 1 heterocycles. The third-order valence-electron chi connectivity index (χ3n) is 4.81. The number of halogens is 2. The zero-order valence-corrected chi connectivity index (χ0v) is 20.8. The molecule has 0 saturated heterocycles. The number of rotatable bonds is 6. The average molecular weight is 537 g/mol. The highest BCUT2D eigenvalue weighted by Crippen LogP contribution is 2.40. The van der Waals surface area contributed by atoms with Crippen LogP contribution < -0.4 is 9.86 Å². The molecule has 4 rings (SSSR count). The monoisotopic (exact) mass is 536 g/mol. The molecule has 0 atom stereocenters. The maximum Gasteiger partial charge on any atom is 0.240 e. The van der Waals surface area contributed by atoms with Crippen molar-refractivity contribution < 1.29 is 16.8 Å². The molecule has 3 N–H and O–H groups in total. The van der Waals surface area contributed by atoms with Crippen LogP contribution in [0.15, 0.2) is 77.7 Å². The molecule has 34 heavy (non-hydrogen) atoms. The lowest BCUT2D eigenvalue weighted by atomic mass is 10.1. The highest BCUT2D eigenvalue weighted by atomic mass is 35.5. The summed E-state index contributed by atoms with van der Waals surface area (Å²) in [6, 6.07) is 19.3. The van der Waals surface area contributed by atoms with Gasteiger partial charge in [-0.15, -0.1) is 0 Å². The van der Waals surface area contributed by atoms with Gasteiger partial charge in [0.1, 0.15) is 16.3 Å². The normalized spacial score (nSPS) is 12.0. The summed E-state index contributed by atoms with van der Waals surface area (Å²) >= 11 is 12.1. The van der Waals surface area contributed by atoms with Crippen molar-refractivity contribution in [3.05, 3.63) is 82.8 Å². The van der Waals surface area contributed by atoms with Crippen LogP contribution in [0.1, 0.15) is 0 Å². The first-order chi connectivity index (χ1) is 15.9. The summed E-state index contributed by atoms with van der Waals surface area (Å²) < 4.78 is 53.2. The molecule has 0 saturated carbocycles. The van der Waals surface area contributed by atoms with E-state index in [1.807, 2.05) is 0 Å². The van der Waals surface area contributed by atoms with E-state index in [-0.39, 0.29) is 22.0 Å². The van der Waals surface area contributed by atoms with Gasteiger partial charge in [0, 0.05) is 21.2 Å². The van der Waals surface area contributed by atoms with Gasteiger partial charge in [-0.1, -0.05) is 59.6 Å². The molecule has 0 radical (unpaired) electrons. The Morgan fingerprint density at radius 2 is 1.35 bits per heavy atom. The fraction of sp³-hybridized carbons (Fsp3) is 0.0455. The summed E-state index contributed by atoms with van der Waals surface area (Å²) in [5.74, 6) is 0. The smallest absolute Gasteiger partial charge is 0.240 e. The van der Waals surface area contributed by atoms with E-state index in [0.29, 0.717) is 26.9 Å². The van der Waals surface area contributed by atoms with Crippen LogP contribution in [0.5, 0.6) is 0 Å². The Kier molecular flexibility index (Phi) is 6.45. The van der Waals surface area contributed by atoms with Crippen LogP contribution in [0.4, 0.5) is 5.69 Å². The first kappa shape index (κ1) is 24.2. The fourth-order valence-corrected chi connectivity index (χ4v) is 4.96. The molecule has 0 unspecified atom stereocenters. The lowest BCUT2D eigenvalue weighted by Crippen LogP contribution is -2.16. The molecule has 0 amide bonds. The van der Waals surface area contributed by atoms with E-state index in [9.17, 15) is 16.8 Å². The fourth-order valence-electron chi connectivity index (χ4n) is 3.43. The number of sulfonamides is 2. The molecule has 1 aromatic heterocycles. The van der Waals surface area contributed by atoms with Gasteiger partial charge in [-0.3, -0.25) is 4.72 Å². The summed E-state index contributed by atoms with van der Waals surface area (Å²) in [5, 5.41) is 11.0. The van der Waals surface area contributed by atoms with Crippen LogP contribution in [-0.4, -0.2) is 32.9 Å². The summed E-state index contributed by atoms with van der Waals surface area (Å²) in [7, 11) is -7.89. The molecular formula is C22H18Cl2N4O4S2. The summed E-state index contributed by atoms with van der Waals surface area (Å²) in [5.41, 5.74) is 1.94. The summed E-state index contributed by atoms with van der Waals surface area (Å²) in [6.45, 7) is 0. The van der Waals surface area contributed by atoms with Gasteiger partial charge in [0.05, 0.1) is 17.6 Å². The molecule has 0 fully saturated rings. The molecule has 12 heteroatoms. The number of nitrogens with zero attached hydrogens (tertiary/aromatic N) is 2. The van der Waals surface area contributed by atoms with Crippen LogP contribution in [0.25, 0.3) is 28.2 Å². The zero-order chi connectivity index (χ0) is 24.7. The molecule has 0 bridgehead atoms. The maximum atomic E-state index is 12.3. The van der Waals surface area contributed by atoms with Gasteiger partial charge >= 0.3 is 0 Å². The molecule has 4 aromatic rings. The molecule has 3 aromatic carbocycles. The largest absolute Gasteiger partial charge is 0.279 e. The third kappa shape index (κ3) is 5.11. The number of para-hydroxylation sites is 1. The maximum absolute atomic E-state index is 12.3. The minimum Gasteiger partial charge on any atom is -0.279 e. The van der Waals surface area contributed by atoms with E-state index in [2.05, 4.69) is 9.82 Å². The number of primary sulfonamides is 1. The van der Waals surface area contributed by atoms with Crippen molar-refractivity contribution in [2.45, 2.75) is 4.90 Å². The Labute approximate surface area is 207 Å². The van der Waals surface area contributed by atoms with Gasteiger partial charge in [-0.05, 0) is 36.4 Å². The van der Waals surface area contributed by atoms with Crippen LogP contribution in [0.2, 0.25) is 10.0 Å². The number of nitrogens with two attached hydrogens (primary N) is 1. The Morgan fingerprint density at radius 3 is 1.88 bits per heavy atom. The number of benzene rings is 3. The molecule has 8 nitrogen and oxygen atoms in total. The van der Waals surface area contributed by atoms with Gasteiger partial charge in [0.15, 0.2) is 0 Å². The van der Waals surface area contributed by atoms with Gasteiger partial charge in [-0.2, -0.15) is 5.10 Å². The third-order valence-corrected chi connectivity index (χ3v) is 6.85. The predicted octanol–water partition coefficient (Wildman–Crippen LogP) is 4.53. The molecule has 0 aliphatic rings. The molecular weight excluding hydrogens is 519 g/mol. The second-order valence-electron chi connectivity index (χ2n) is 7.38. The van der Waals surface area contributed by atoms with E-state index in [4.69, 9.17) is 28.3 Å². The average Bonchev–Trinajstić information content (AvgIpc) is 3.11. The molecule has 0 aliphatic carbocycles. The van der Waals surface area contributed by atoms with E-state index in [1.165, 1.54) is 22.9 Å². The van der Waals surface area contributed by atoms with Crippen molar-refractivity contribution in [1.82, 2.24) is 9.78 Å². The second kappa shape index (κ2) is 9.05. The van der Waals surface area contributed by atoms with E-state index >= 15 is 0 Å². The highest BCUT2D eigenvalue weighted by molar-refractivity contribution is 7.92. The standard InChI is InChI=1S/C22H18Cl2N4O4S2/c1-33(29,30)27-21-20(14-6-10-16(23)11-7-14)26-28(22(21)15-8-12-17(24)13-9-15)18-4-2-3-5-19(18)34(25,31)32/h2-13,27H,1H3,(H2,25,31,32). The predicted molar refractivity (Wildman–Crippen MR) is 134 cm³/mol. The highest BCUT2D eigenvalue weighted by Gasteiger charge is 2.26. The van der Waals surface area contributed by atoms with Crippen molar-refractivity contribution in [3.63, 3.8) is 0 Å². The molecule has 176 valence electrons. The Balaban J connectivity index is 2.14. The topological polar surface area (TPSA) is 124 Å². The number of anilines is 1. The van der Waals surface area contributed by atoms with Gasteiger partial charge in [0.2, 0.25) is 20.0 Å². The number of aromatic nitrogens is 2. The number of hydrogen-bond donors (Lipinski definition) is 2. The van der Waals surface area contributed by atoms with E-state index in [0.717, 1.165) is 6.26 Å². The van der Waals surface area contributed by atoms with Crippen molar-refractivity contribution in [2.24, 2.45) is 5.14 Å². The van der Waals surface area contributed by atoms with Crippen molar-refractivity contribution in [2.75, 3.05) is 11.0 Å². The minimum atomic E-state index is -4.13. The molecule has 0 spiro atoms. The van der Waals surface area contributed by atoms with Crippen LogP contribution in [0, 0.1) is 0 Å². The second-order valence-corrected chi connectivity index (χ2v) is 11.5. The molecule has 0 aliphatic heterocycles. The summed E-state index contributed by atoms with van der Waals surface area (Å²) in [6.07, 6.45) is 1.01. The SMILES string of the molecule is CS(=O)(=O)Nc1c(-c2ccc(Cl)cc2)nn(-c2ccccc2S(N)(=O)=O)c1-c1ccc(Cl)cc1. The van der Waals surface area contributed by atoms with Crippen molar-refractivity contribution in [3.8, 4) is 28.2 Å². The number of nitrogens with one attached hydrogen (secondary N) is 1. The van der Waals surface area contributed by atoms with E-state index < -0.39 is 20.0 Å². The first-order valence-corrected chi connectivity index (χ1v) is 13.9. The van der Waals surface area contributed by atoms with Crippen LogP contribution in [-0.2, 0) is 20.0 Å². The van der Waals surface area contributed by atoms with E-state index in [1.54, 1.807) is 54.6 Å². The van der Waals surface area contributed by atoms with Crippen LogP contribution in [0.3, 0.4) is 0 Å². The Hall–Kier alpha value is -2.89. The van der Waals surface area contributed by atoms with Crippen molar-refractivity contribution in [1.29, 1.82) is 0 Å². The quantitative estimate of drug-likeness (QED) is 0.374. The zero-order valence-electron chi connectivity index (χ0n) is 17.6. The first-order valence-electron chi connectivity index (χ1n) is 9.69. The van der Waals surface area contributed by atoms with Crippen molar-refractivity contribution >= 4 is 48.9 Å². The summed E-state index contributed by atoms with van der Waals surface area (Å²) in [4.78, 5) is -0.179. The van der Waals surface area contributed by atoms with Gasteiger partial charge < -0.3 is 0 Å². The number of hydrogen-bond acceptors (Lipinski definition) is 5. The Bertz CT molecular complexity index is 1580.